The second kappa shape index (κ2) is 8.38. The van der Waals surface area contributed by atoms with Crippen molar-refractivity contribution in [3.8, 4) is 0 Å². The molecule has 3 atom stereocenters. The second-order valence-electron chi connectivity index (χ2n) is 6.53. The molecule has 0 saturated carbocycles. The van der Waals surface area contributed by atoms with Crippen molar-refractivity contribution < 1.29 is 5.11 Å². The van der Waals surface area contributed by atoms with Crippen LogP contribution in [0.15, 0.2) is 47.7 Å². The molecule has 0 radical (unpaired) electrons. The molecule has 0 bridgehead atoms. The van der Waals surface area contributed by atoms with E-state index in [-0.39, 0.29) is 0 Å². The van der Waals surface area contributed by atoms with E-state index in [4.69, 9.17) is 0 Å². The summed E-state index contributed by atoms with van der Waals surface area (Å²) >= 11 is 0. The zero-order valence-corrected chi connectivity index (χ0v) is 15.1. The topological polar surface area (TPSA) is 23.5 Å². The first-order chi connectivity index (χ1) is 10.4. The van der Waals surface area contributed by atoms with E-state index in [1.54, 1.807) is 0 Å². The highest BCUT2D eigenvalue weighted by Crippen LogP contribution is 2.41. The summed E-state index contributed by atoms with van der Waals surface area (Å²) in [5.74, 6) is 0.947. The highest BCUT2D eigenvalue weighted by atomic mass is 16.3. The fourth-order valence-electron chi connectivity index (χ4n) is 2.98. The van der Waals surface area contributed by atoms with Crippen molar-refractivity contribution in [2.24, 2.45) is 11.8 Å². The maximum absolute atomic E-state index is 10.9. The van der Waals surface area contributed by atoms with Gasteiger partial charge in [-0.1, -0.05) is 36.8 Å². The maximum Gasteiger partial charge on any atom is 0.139 e. The summed E-state index contributed by atoms with van der Waals surface area (Å²) in [6.07, 6.45) is 14.6. The van der Waals surface area contributed by atoms with Crippen molar-refractivity contribution in [1.29, 1.82) is 0 Å². The van der Waals surface area contributed by atoms with Crippen LogP contribution in [0.2, 0.25) is 0 Å². The molecular weight excluding hydrogens is 270 g/mol. The molecule has 2 nitrogen and oxygen atoms in total. The smallest absolute Gasteiger partial charge is 0.139 e. The minimum Gasteiger partial charge on any atom is -0.371 e. The zero-order chi connectivity index (χ0) is 16.8. The molecular formula is C20H33NO. The van der Waals surface area contributed by atoms with Crippen molar-refractivity contribution in [2.75, 3.05) is 6.54 Å². The van der Waals surface area contributed by atoms with Crippen LogP contribution in [-0.2, 0) is 0 Å². The molecule has 0 spiro atoms. The normalized spacial score (nSPS) is 28.5. The summed E-state index contributed by atoms with van der Waals surface area (Å²) in [4.78, 5) is 2.10. The van der Waals surface area contributed by atoms with E-state index < -0.39 is 5.72 Å². The molecule has 1 heterocycles. The molecule has 124 valence electrons. The minimum absolute atomic E-state index is 0.346. The Morgan fingerprint density at radius 2 is 2.00 bits per heavy atom. The van der Waals surface area contributed by atoms with Gasteiger partial charge in [-0.3, -0.25) is 0 Å². The first-order valence-electron chi connectivity index (χ1n) is 8.46. The van der Waals surface area contributed by atoms with E-state index in [9.17, 15) is 5.11 Å². The highest BCUT2D eigenvalue weighted by Gasteiger charge is 2.48. The number of hydrogen-bond acceptors (Lipinski definition) is 2. The van der Waals surface area contributed by atoms with Gasteiger partial charge in [-0.25, -0.2) is 0 Å². The number of nitrogens with zero attached hydrogens (tertiary/aromatic N) is 1. The Morgan fingerprint density at radius 1 is 1.32 bits per heavy atom. The van der Waals surface area contributed by atoms with E-state index >= 15 is 0 Å². The maximum atomic E-state index is 10.9. The summed E-state index contributed by atoms with van der Waals surface area (Å²) in [5, 5.41) is 10.9. The fraction of sp³-hybridized carbons (Fsp3) is 0.600. The third-order valence-electron chi connectivity index (χ3n) is 5.01. The van der Waals surface area contributed by atoms with Gasteiger partial charge in [0.1, 0.15) is 5.72 Å². The molecule has 0 amide bonds. The number of likely N-dealkylation sites (tertiary alicyclic amines) is 1. The van der Waals surface area contributed by atoms with Crippen molar-refractivity contribution >= 4 is 0 Å². The Labute approximate surface area is 136 Å². The molecule has 0 aliphatic carbocycles. The summed E-state index contributed by atoms with van der Waals surface area (Å²) in [5.41, 5.74) is 1.79. The van der Waals surface area contributed by atoms with Crippen LogP contribution in [0.4, 0.5) is 0 Å². The summed E-state index contributed by atoms with van der Waals surface area (Å²) < 4.78 is 0. The monoisotopic (exact) mass is 303 g/mol. The molecule has 3 unspecified atom stereocenters. The predicted molar refractivity (Wildman–Crippen MR) is 96.4 cm³/mol. The number of hydrogen-bond donors (Lipinski definition) is 1. The van der Waals surface area contributed by atoms with E-state index in [0.717, 1.165) is 25.1 Å². The lowest BCUT2D eigenvalue weighted by Crippen LogP contribution is -2.64. The van der Waals surface area contributed by atoms with Gasteiger partial charge in [-0.05, 0) is 65.5 Å². The summed E-state index contributed by atoms with van der Waals surface area (Å²) in [6.45, 7) is 13.5. The molecule has 2 heteroatoms. The van der Waals surface area contributed by atoms with Crippen LogP contribution in [0.25, 0.3) is 0 Å². The second-order valence-corrected chi connectivity index (χ2v) is 6.53. The van der Waals surface area contributed by atoms with Crippen molar-refractivity contribution in [3.05, 3.63) is 47.7 Å². The van der Waals surface area contributed by atoms with Crippen LogP contribution in [0.1, 0.15) is 54.4 Å². The van der Waals surface area contributed by atoms with Crippen LogP contribution in [0.3, 0.4) is 0 Å². The van der Waals surface area contributed by atoms with Crippen LogP contribution in [0.5, 0.6) is 0 Å². The average molecular weight is 303 g/mol. The molecule has 0 aromatic rings. The van der Waals surface area contributed by atoms with Crippen LogP contribution in [0, 0.1) is 11.8 Å². The summed E-state index contributed by atoms with van der Waals surface area (Å²) in [7, 11) is 0. The van der Waals surface area contributed by atoms with E-state index in [0.29, 0.717) is 11.8 Å². The summed E-state index contributed by atoms with van der Waals surface area (Å²) in [6, 6.07) is 0. The van der Waals surface area contributed by atoms with Gasteiger partial charge in [0.05, 0.1) is 0 Å². The Bertz CT molecular complexity index is 468. The van der Waals surface area contributed by atoms with E-state index in [1.807, 2.05) is 39.0 Å². The van der Waals surface area contributed by atoms with Crippen molar-refractivity contribution in [2.45, 2.75) is 60.1 Å². The lowest BCUT2D eigenvalue weighted by molar-refractivity contribution is -0.200. The molecule has 1 aliphatic heterocycles. The Morgan fingerprint density at radius 3 is 2.50 bits per heavy atom. The fourth-order valence-corrected chi connectivity index (χ4v) is 2.98. The van der Waals surface area contributed by atoms with Crippen molar-refractivity contribution in [3.63, 3.8) is 0 Å². The molecule has 1 rings (SSSR count). The van der Waals surface area contributed by atoms with Crippen LogP contribution in [-0.4, -0.2) is 22.3 Å². The van der Waals surface area contributed by atoms with Gasteiger partial charge in [0.25, 0.3) is 0 Å². The number of aliphatic hydroxyl groups is 1. The average Bonchev–Trinajstić information content (AvgIpc) is 2.50. The molecule has 1 fully saturated rings. The quantitative estimate of drug-likeness (QED) is 0.526. The Balaban J connectivity index is 2.68. The molecule has 1 N–H and O–H groups in total. The predicted octanol–water partition coefficient (Wildman–Crippen LogP) is 5.05. The van der Waals surface area contributed by atoms with Gasteiger partial charge >= 0.3 is 0 Å². The molecule has 1 saturated heterocycles. The minimum atomic E-state index is -0.740. The number of allylic oxidation sites excluding steroid dienone is 7. The first-order valence-corrected chi connectivity index (χ1v) is 8.46. The molecule has 0 aromatic carbocycles. The van der Waals surface area contributed by atoms with Crippen molar-refractivity contribution in [1.82, 2.24) is 4.90 Å². The lowest BCUT2D eigenvalue weighted by Gasteiger charge is -2.55. The largest absolute Gasteiger partial charge is 0.371 e. The van der Waals surface area contributed by atoms with Gasteiger partial charge in [0.15, 0.2) is 0 Å². The zero-order valence-electron chi connectivity index (χ0n) is 15.1. The SMILES string of the molecule is C\C=C/C=C(\C=C/C)N1CC(CCC(C)/C(C)=C/C)C1(C)O. The molecule has 22 heavy (non-hydrogen) atoms. The lowest BCUT2D eigenvalue weighted by atomic mass is 9.79. The van der Waals surface area contributed by atoms with Gasteiger partial charge < -0.3 is 10.0 Å². The third-order valence-corrected chi connectivity index (χ3v) is 5.01. The van der Waals surface area contributed by atoms with E-state index in [2.05, 4.69) is 43.9 Å². The van der Waals surface area contributed by atoms with Gasteiger partial charge in [0.2, 0.25) is 0 Å². The standard InChI is InChI=1S/C20H33NO/c1-7-10-12-19(11-8-2)21-15-18(20(21,6)22)14-13-17(5)16(4)9-3/h7-12,17-18,22H,13-15H2,1-6H3/b10-7-,11-8-,16-9+,19-12+. The number of rotatable bonds is 7. The van der Waals surface area contributed by atoms with Gasteiger partial charge in [-0.2, -0.15) is 0 Å². The first kappa shape index (κ1) is 18.8. The van der Waals surface area contributed by atoms with Crippen LogP contribution >= 0.6 is 0 Å². The molecule has 1 aliphatic rings. The highest BCUT2D eigenvalue weighted by molar-refractivity contribution is 5.26. The Kier molecular flexibility index (Phi) is 7.15. The van der Waals surface area contributed by atoms with Gasteiger partial charge in [0, 0.05) is 18.2 Å². The third kappa shape index (κ3) is 4.36. The van der Waals surface area contributed by atoms with Crippen LogP contribution < -0.4 is 0 Å². The Hall–Kier alpha value is -1.28. The van der Waals surface area contributed by atoms with E-state index in [1.165, 1.54) is 5.57 Å². The van der Waals surface area contributed by atoms with Gasteiger partial charge in [-0.15, -0.1) is 0 Å². The molecule has 0 aromatic heterocycles.